The highest BCUT2D eigenvalue weighted by Gasteiger charge is 2.38. The summed E-state index contributed by atoms with van der Waals surface area (Å²) in [6.45, 7) is 1.84. The van der Waals surface area contributed by atoms with Crippen molar-refractivity contribution >= 4 is 11.8 Å². The fourth-order valence-corrected chi connectivity index (χ4v) is 4.12. The summed E-state index contributed by atoms with van der Waals surface area (Å²) in [7, 11) is 0. The number of aliphatic hydroxyl groups excluding tert-OH is 1. The van der Waals surface area contributed by atoms with Gasteiger partial charge >= 0.3 is 0 Å². The lowest BCUT2D eigenvalue weighted by Gasteiger charge is -2.34. The van der Waals surface area contributed by atoms with Gasteiger partial charge in [-0.05, 0) is 55.5 Å². The van der Waals surface area contributed by atoms with E-state index in [1.165, 1.54) is 31.2 Å². The standard InChI is InChI=1S/C23H27FN2O3/c1-16(27)26-20-11-13-23(14-12-21(20)28,18-5-3-2-4-6-18)15-25-22(29)17-7-9-19(24)10-8-17/h2-10,20-21,28H,11-15H2,1H3,(H,25,29)(H,26,27)/t20-,21-,23-/m0/s1. The zero-order chi connectivity index (χ0) is 20.9. The van der Waals surface area contributed by atoms with Gasteiger partial charge in [0.2, 0.25) is 5.91 Å². The van der Waals surface area contributed by atoms with E-state index in [0.717, 1.165) is 5.56 Å². The maximum absolute atomic E-state index is 13.1. The average molecular weight is 398 g/mol. The second kappa shape index (κ2) is 9.18. The Balaban J connectivity index is 1.80. The van der Waals surface area contributed by atoms with E-state index in [2.05, 4.69) is 10.6 Å². The largest absolute Gasteiger partial charge is 0.391 e. The van der Waals surface area contributed by atoms with E-state index >= 15 is 0 Å². The molecule has 0 saturated heterocycles. The SMILES string of the molecule is CC(=O)N[C@H]1CC[C@](CNC(=O)c2ccc(F)cc2)(c2ccccc2)CC[C@@H]1O. The van der Waals surface area contributed by atoms with Crippen molar-refractivity contribution in [2.24, 2.45) is 0 Å². The molecule has 3 N–H and O–H groups in total. The topological polar surface area (TPSA) is 78.4 Å². The minimum absolute atomic E-state index is 0.161. The summed E-state index contributed by atoms with van der Waals surface area (Å²) in [4.78, 5) is 24.1. The number of carbonyl (C=O) groups excluding carboxylic acids is 2. The lowest BCUT2D eigenvalue weighted by Crippen LogP contribution is -2.42. The van der Waals surface area contributed by atoms with Crippen LogP contribution in [0.4, 0.5) is 4.39 Å². The molecule has 3 atom stereocenters. The predicted octanol–water partition coefficient (Wildman–Crippen LogP) is 2.93. The third-order valence-electron chi connectivity index (χ3n) is 5.79. The highest BCUT2D eigenvalue weighted by Crippen LogP contribution is 2.38. The zero-order valence-corrected chi connectivity index (χ0v) is 16.5. The average Bonchev–Trinajstić information content (AvgIpc) is 2.87. The molecule has 0 radical (unpaired) electrons. The van der Waals surface area contributed by atoms with E-state index in [9.17, 15) is 19.1 Å². The quantitative estimate of drug-likeness (QED) is 0.678. The zero-order valence-electron chi connectivity index (χ0n) is 16.5. The third-order valence-corrected chi connectivity index (χ3v) is 5.79. The number of aliphatic hydroxyl groups is 1. The number of amides is 2. The van der Waals surface area contributed by atoms with Gasteiger partial charge in [0.05, 0.1) is 12.1 Å². The van der Waals surface area contributed by atoms with Gasteiger partial charge in [0, 0.05) is 24.4 Å². The molecule has 5 nitrogen and oxygen atoms in total. The van der Waals surface area contributed by atoms with Crippen LogP contribution in [0.3, 0.4) is 0 Å². The fraction of sp³-hybridized carbons (Fsp3) is 0.391. The van der Waals surface area contributed by atoms with Crippen molar-refractivity contribution in [2.45, 2.75) is 50.2 Å². The van der Waals surface area contributed by atoms with Gasteiger partial charge < -0.3 is 15.7 Å². The minimum Gasteiger partial charge on any atom is -0.391 e. The Morgan fingerprint density at radius 1 is 1.07 bits per heavy atom. The molecule has 2 aromatic carbocycles. The van der Waals surface area contributed by atoms with Crippen molar-refractivity contribution in [1.29, 1.82) is 0 Å². The highest BCUT2D eigenvalue weighted by molar-refractivity contribution is 5.94. The number of nitrogens with one attached hydrogen (secondary N) is 2. The Labute approximate surface area is 170 Å². The molecule has 2 amide bonds. The Morgan fingerprint density at radius 3 is 2.38 bits per heavy atom. The Bertz CT molecular complexity index is 841. The Hall–Kier alpha value is -2.73. The first kappa shape index (κ1) is 21.0. The first-order chi connectivity index (χ1) is 13.9. The summed E-state index contributed by atoms with van der Waals surface area (Å²) in [5.74, 6) is -0.807. The fourth-order valence-electron chi connectivity index (χ4n) is 4.12. The van der Waals surface area contributed by atoms with Crippen LogP contribution >= 0.6 is 0 Å². The van der Waals surface area contributed by atoms with Crippen molar-refractivity contribution in [1.82, 2.24) is 10.6 Å². The second-order valence-corrected chi connectivity index (χ2v) is 7.79. The van der Waals surface area contributed by atoms with Gasteiger partial charge in [0.1, 0.15) is 5.82 Å². The van der Waals surface area contributed by atoms with Gasteiger partial charge in [-0.25, -0.2) is 4.39 Å². The van der Waals surface area contributed by atoms with E-state index in [0.29, 0.717) is 37.8 Å². The van der Waals surface area contributed by atoms with Crippen LogP contribution in [-0.2, 0) is 10.2 Å². The molecule has 0 unspecified atom stereocenters. The maximum atomic E-state index is 13.1. The van der Waals surface area contributed by atoms with E-state index in [1.54, 1.807) is 0 Å². The van der Waals surface area contributed by atoms with Crippen molar-refractivity contribution in [3.05, 3.63) is 71.5 Å². The molecule has 154 valence electrons. The lowest BCUT2D eigenvalue weighted by atomic mass is 9.74. The van der Waals surface area contributed by atoms with Crippen molar-refractivity contribution in [3.8, 4) is 0 Å². The van der Waals surface area contributed by atoms with Crippen LogP contribution in [0.2, 0.25) is 0 Å². The number of benzene rings is 2. The molecule has 1 saturated carbocycles. The monoisotopic (exact) mass is 398 g/mol. The Morgan fingerprint density at radius 2 is 1.72 bits per heavy atom. The number of halogens is 1. The van der Waals surface area contributed by atoms with Gasteiger partial charge in [-0.3, -0.25) is 9.59 Å². The van der Waals surface area contributed by atoms with Crippen LogP contribution in [0, 0.1) is 5.82 Å². The molecule has 3 rings (SSSR count). The van der Waals surface area contributed by atoms with E-state index in [4.69, 9.17) is 0 Å². The molecular weight excluding hydrogens is 371 g/mol. The highest BCUT2D eigenvalue weighted by atomic mass is 19.1. The smallest absolute Gasteiger partial charge is 0.251 e. The number of carbonyl (C=O) groups is 2. The van der Waals surface area contributed by atoms with Crippen LogP contribution in [0.15, 0.2) is 54.6 Å². The summed E-state index contributed by atoms with van der Waals surface area (Å²) in [5.41, 5.74) is 1.14. The number of hydrogen-bond acceptors (Lipinski definition) is 3. The normalized spacial score (nSPS) is 24.4. The maximum Gasteiger partial charge on any atom is 0.251 e. The summed E-state index contributed by atoms with van der Waals surface area (Å²) in [5, 5.41) is 16.4. The van der Waals surface area contributed by atoms with Crippen molar-refractivity contribution in [3.63, 3.8) is 0 Å². The Kier molecular flexibility index (Phi) is 6.64. The van der Waals surface area contributed by atoms with Crippen molar-refractivity contribution < 1.29 is 19.1 Å². The molecule has 1 aliphatic rings. The van der Waals surface area contributed by atoms with Crippen LogP contribution in [0.25, 0.3) is 0 Å². The molecule has 0 aromatic heterocycles. The second-order valence-electron chi connectivity index (χ2n) is 7.79. The molecule has 1 fully saturated rings. The molecular formula is C23H27FN2O3. The molecule has 29 heavy (non-hydrogen) atoms. The van der Waals surface area contributed by atoms with Crippen LogP contribution in [-0.4, -0.2) is 35.6 Å². The van der Waals surface area contributed by atoms with Gasteiger partial charge in [-0.1, -0.05) is 30.3 Å². The molecule has 2 aromatic rings. The molecule has 6 heteroatoms. The van der Waals surface area contributed by atoms with Gasteiger partial charge in [-0.2, -0.15) is 0 Å². The van der Waals surface area contributed by atoms with E-state index in [1.807, 2.05) is 30.3 Å². The van der Waals surface area contributed by atoms with Gasteiger partial charge in [0.25, 0.3) is 5.91 Å². The van der Waals surface area contributed by atoms with E-state index in [-0.39, 0.29) is 29.1 Å². The van der Waals surface area contributed by atoms with Crippen LogP contribution in [0.1, 0.15) is 48.5 Å². The number of rotatable bonds is 5. The number of hydrogen-bond donors (Lipinski definition) is 3. The summed E-state index contributed by atoms with van der Waals surface area (Å²) in [6, 6.07) is 15.1. The molecule has 1 aliphatic carbocycles. The predicted molar refractivity (Wildman–Crippen MR) is 109 cm³/mol. The van der Waals surface area contributed by atoms with Crippen LogP contribution < -0.4 is 10.6 Å². The summed E-state index contributed by atoms with van der Waals surface area (Å²) < 4.78 is 13.1. The summed E-state index contributed by atoms with van der Waals surface area (Å²) >= 11 is 0. The molecule has 0 spiro atoms. The van der Waals surface area contributed by atoms with Gasteiger partial charge in [-0.15, -0.1) is 0 Å². The van der Waals surface area contributed by atoms with Crippen molar-refractivity contribution in [2.75, 3.05) is 6.54 Å². The van der Waals surface area contributed by atoms with Gasteiger partial charge in [0.15, 0.2) is 0 Å². The molecule has 0 aliphatic heterocycles. The molecule has 0 heterocycles. The molecule has 0 bridgehead atoms. The summed E-state index contributed by atoms with van der Waals surface area (Å²) in [6.07, 6.45) is 1.90. The lowest BCUT2D eigenvalue weighted by molar-refractivity contribution is -0.120. The van der Waals surface area contributed by atoms with Crippen LogP contribution in [0.5, 0.6) is 0 Å². The minimum atomic E-state index is -0.628. The first-order valence-electron chi connectivity index (χ1n) is 9.94. The first-order valence-corrected chi connectivity index (χ1v) is 9.94. The van der Waals surface area contributed by atoms with E-state index < -0.39 is 6.10 Å². The third kappa shape index (κ3) is 5.21.